The molecule has 2 aromatic heterocycles. The van der Waals surface area contributed by atoms with Gasteiger partial charge in [0.1, 0.15) is 4.90 Å². The second-order valence-corrected chi connectivity index (χ2v) is 6.17. The fourth-order valence-electron chi connectivity index (χ4n) is 1.78. The quantitative estimate of drug-likeness (QED) is 0.712. The summed E-state index contributed by atoms with van der Waals surface area (Å²) in [5.41, 5.74) is 0.477. The third-order valence-corrected chi connectivity index (χ3v) is 4.18. The molecule has 0 aromatic carbocycles. The number of rotatable bonds is 8. The van der Waals surface area contributed by atoms with Crippen molar-refractivity contribution in [2.24, 2.45) is 0 Å². The number of hydrogen-bond acceptors (Lipinski definition) is 5. The van der Waals surface area contributed by atoms with Crippen molar-refractivity contribution in [1.29, 1.82) is 0 Å². The van der Waals surface area contributed by atoms with E-state index in [9.17, 15) is 8.42 Å². The molecule has 21 heavy (non-hydrogen) atoms. The summed E-state index contributed by atoms with van der Waals surface area (Å²) in [5, 5.41) is 7.29. The molecule has 0 saturated heterocycles. The molecule has 0 bridgehead atoms. The minimum atomic E-state index is -3.60. The Morgan fingerprint density at radius 3 is 2.76 bits per heavy atom. The average molecular weight is 309 g/mol. The van der Waals surface area contributed by atoms with Crippen LogP contribution in [-0.2, 0) is 16.6 Å². The largest absolute Gasteiger partial charge is 0.317 e. The lowest BCUT2D eigenvalue weighted by atomic mass is 10.4. The van der Waals surface area contributed by atoms with Gasteiger partial charge < -0.3 is 5.32 Å². The molecule has 0 amide bonds. The van der Waals surface area contributed by atoms with Gasteiger partial charge in [-0.1, -0.05) is 6.92 Å². The van der Waals surface area contributed by atoms with Crippen molar-refractivity contribution >= 4 is 15.7 Å². The molecule has 0 fully saturated rings. The van der Waals surface area contributed by atoms with E-state index < -0.39 is 10.0 Å². The van der Waals surface area contributed by atoms with Crippen molar-refractivity contribution in [3.8, 4) is 0 Å². The van der Waals surface area contributed by atoms with Crippen LogP contribution in [0.4, 0.5) is 5.69 Å². The van der Waals surface area contributed by atoms with Gasteiger partial charge in [0, 0.05) is 25.1 Å². The number of hydrogen-bond donors (Lipinski definition) is 2. The molecule has 0 spiro atoms. The second-order valence-electron chi connectivity index (χ2n) is 4.49. The zero-order valence-electron chi connectivity index (χ0n) is 11.9. The summed E-state index contributed by atoms with van der Waals surface area (Å²) in [6, 6.07) is 3.19. The number of sulfonamides is 1. The van der Waals surface area contributed by atoms with Crippen molar-refractivity contribution in [3.05, 3.63) is 36.9 Å². The van der Waals surface area contributed by atoms with E-state index in [1.54, 1.807) is 16.8 Å². The van der Waals surface area contributed by atoms with Crippen molar-refractivity contribution in [2.45, 2.75) is 24.8 Å². The van der Waals surface area contributed by atoms with E-state index >= 15 is 0 Å². The third-order valence-electron chi connectivity index (χ3n) is 2.84. The minimum absolute atomic E-state index is 0.155. The molecule has 2 N–H and O–H groups in total. The van der Waals surface area contributed by atoms with Gasteiger partial charge in [0.25, 0.3) is 10.0 Å². The predicted octanol–water partition coefficient (Wildman–Crippen LogP) is 1.08. The molecule has 0 atom stereocenters. The standard InChI is InChI=1S/C13H19N5O2S/c1-2-14-6-3-9-18-11-13(10-16-18)21(19,20)17-12-4-7-15-8-5-12/h4-5,7-8,10-11,14H,2-3,6,9H2,1H3,(H,15,17). The normalized spacial score (nSPS) is 11.5. The summed E-state index contributed by atoms with van der Waals surface area (Å²) in [7, 11) is -3.60. The van der Waals surface area contributed by atoms with Crippen LogP contribution in [0.25, 0.3) is 0 Å². The lowest BCUT2D eigenvalue weighted by Crippen LogP contribution is -2.16. The van der Waals surface area contributed by atoms with Crippen molar-refractivity contribution in [1.82, 2.24) is 20.1 Å². The molecule has 7 nitrogen and oxygen atoms in total. The third kappa shape index (κ3) is 4.54. The Bertz CT molecular complexity index is 654. The first-order valence-corrected chi connectivity index (χ1v) is 8.26. The molecule has 0 aliphatic rings. The van der Waals surface area contributed by atoms with Crippen LogP contribution < -0.4 is 10.0 Å². The number of nitrogens with zero attached hydrogens (tertiary/aromatic N) is 3. The van der Waals surface area contributed by atoms with Gasteiger partial charge >= 0.3 is 0 Å². The van der Waals surface area contributed by atoms with E-state index in [0.29, 0.717) is 12.2 Å². The van der Waals surface area contributed by atoms with E-state index in [1.165, 1.54) is 24.8 Å². The van der Waals surface area contributed by atoms with Crippen LogP contribution in [-0.4, -0.2) is 36.3 Å². The Kier molecular flexibility index (Phi) is 5.29. The predicted molar refractivity (Wildman–Crippen MR) is 80.4 cm³/mol. The summed E-state index contributed by atoms with van der Waals surface area (Å²) in [5.74, 6) is 0. The summed E-state index contributed by atoms with van der Waals surface area (Å²) >= 11 is 0. The highest BCUT2D eigenvalue weighted by molar-refractivity contribution is 7.92. The number of aromatic nitrogens is 3. The van der Waals surface area contributed by atoms with Crippen LogP contribution in [0.15, 0.2) is 41.8 Å². The highest BCUT2D eigenvalue weighted by Gasteiger charge is 2.16. The van der Waals surface area contributed by atoms with Gasteiger partial charge in [-0.25, -0.2) is 8.42 Å². The fourth-order valence-corrected chi connectivity index (χ4v) is 2.79. The molecule has 0 unspecified atom stereocenters. The monoisotopic (exact) mass is 309 g/mol. The lowest BCUT2D eigenvalue weighted by molar-refractivity contribution is 0.549. The first kappa shape index (κ1) is 15.5. The molecular formula is C13H19N5O2S. The van der Waals surface area contributed by atoms with Crippen molar-refractivity contribution in [3.63, 3.8) is 0 Å². The summed E-state index contributed by atoms with van der Waals surface area (Å²) in [6.45, 7) is 4.53. The molecule has 0 aliphatic heterocycles. The lowest BCUT2D eigenvalue weighted by Gasteiger charge is -2.05. The maximum atomic E-state index is 12.2. The Balaban J connectivity index is 1.99. The Morgan fingerprint density at radius 2 is 2.05 bits per heavy atom. The number of pyridine rings is 1. The van der Waals surface area contributed by atoms with Crippen LogP contribution in [0, 0.1) is 0 Å². The van der Waals surface area contributed by atoms with E-state index in [-0.39, 0.29) is 4.90 Å². The zero-order valence-corrected chi connectivity index (χ0v) is 12.7. The Hall–Kier alpha value is -1.93. The van der Waals surface area contributed by atoms with E-state index in [0.717, 1.165) is 19.5 Å². The minimum Gasteiger partial charge on any atom is -0.317 e. The van der Waals surface area contributed by atoms with Gasteiger partial charge in [-0.3, -0.25) is 14.4 Å². The van der Waals surface area contributed by atoms with E-state index in [4.69, 9.17) is 0 Å². The van der Waals surface area contributed by atoms with E-state index in [2.05, 4.69) is 20.1 Å². The molecule has 0 saturated carbocycles. The average Bonchev–Trinajstić information content (AvgIpc) is 2.94. The maximum absolute atomic E-state index is 12.2. The van der Waals surface area contributed by atoms with Crippen LogP contribution in [0.2, 0.25) is 0 Å². The topological polar surface area (TPSA) is 88.9 Å². The highest BCUT2D eigenvalue weighted by Crippen LogP contribution is 2.14. The van der Waals surface area contributed by atoms with Crippen LogP contribution in [0.1, 0.15) is 13.3 Å². The van der Waals surface area contributed by atoms with Crippen LogP contribution in [0.3, 0.4) is 0 Å². The Labute approximate surface area is 124 Å². The number of anilines is 1. The molecule has 8 heteroatoms. The smallest absolute Gasteiger partial charge is 0.265 e. The zero-order chi connectivity index (χ0) is 15.1. The van der Waals surface area contributed by atoms with Crippen molar-refractivity contribution in [2.75, 3.05) is 17.8 Å². The molecular weight excluding hydrogens is 290 g/mol. The van der Waals surface area contributed by atoms with Gasteiger partial charge in [-0.2, -0.15) is 5.10 Å². The molecule has 2 aromatic rings. The summed E-state index contributed by atoms with van der Waals surface area (Å²) in [4.78, 5) is 4.00. The highest BCUT2D eigenvalue weighted by atomic mass is 32.2. The molecule has 2 rings (SSSR count). The first-order chi connectivity index (χ1) is 10.1. The van der Waals surface area contributed by atoms with Crippen LogP contribution in [0.5, 0.6) is 0 Å². The van der Waals surface area contributed by atoms with Crippen LogP contribution >= 0.6 is 0 Å². The van der Waals surface area contributed by atoms with Gasteiger partial charge in [-0.15, -0.1) is 0 Å². The fraction of sp³-hybridized carbons (Fsp3) is 0.385. The maximum Gasteiger partial charge on any atom is 0.265 e. The van der Waals surface area contributed by atoms with Gasteiger partial charge in [0.15, 0.2) is 0 Å². The van der Waals surface area contributed by atoms with Gasteiger partial charge in [0.2, 0.25) is 0 Å². The SMILES string of the molecule is CCNCCCn1cc(S(=O)(=O)Nc2ccncc2)cn1. The molecule has 0 aliphatic carbocycles. The molecule has 0 radical (unpaired) electrons. The van der Waals surface area contributed by atoms with E-state index in [1.807, 2.05) is 6.92 Å². The molecule has 114 valence electrons. The number of nitrogens with one attached hydrogen (secondary N) is 2. The van der Waals surface area contributed by atoms with Crippen molar-refractivity contribution < 1.29 is 8.42 Å². The summed E-state index contributed by atoms with van der Waals surface area (Å²) < 4.78 is 28.5. The molecule has 2 heterocycles. The first-order valence-electron chi connectivity index (χ1n) is 6.78. The Morgan fingerprint density at radius 1 is 1.29 bits per heavy atom. The second kappa shape index (κ2) is 7.19. The van der Waals surface area contributed by atoms with Gasteiger partial charge in [-0.05, 0) is 31.6 Å². The van der Waals surface area contributed by atoms with Gasteiger partial charge in [0.05, 0.1) is 11.9 Å². The summed E-state index contributed by atoms with van der Waals surface area (Å²) in [6.07, 6.45) is 6.85. The number of aryl methyl sites for hydroxylation is 1.